The lowest BCUT2D eigenvalue weighted by Crippen LogP contribution is -2.51. The van der Waals surface area contributed by atoms with Gasteiger partial charge in [-0.25, -0.2) is 0 Å². The molecule has 3 saturated carbocycles. The molecule has 0 aromatic rings. The standard InChI is InChI=1S/C12H20/c1-5-9-6-10-7-11(8(9)2)12(10,3)4/h9-11H,2,5-7H2,1,3-4H3. The zero-order valence-electron chi connectivity index (χ0n) is 8.56. The average Bonchev–Trinajstić information content (AvgIpc) is 2.03. The molecule has 0 saturated heterocycles. The molecule has 2 bridgehead atoms. The largest absolute Gasteiger partial charge is 0.0993 e. The highest BCUT2D eigenvalue weighted by Gasteiger charge is 2.53. The van der Waals surface area contributed by atoms with Crippen molar-refractivity contribution in [2.45, 2.75) is 40.0 Å². The monoisotopic (exact) mass is 164 g/mol. The molecule has 0 N–H and O–H groups in total. The lowest BCUT2D eigenvalue weighted by molar-refractivity contribution is -0.0472. The Labute approximate surface area is 76.1 Å². The fraction of sp³-hybridized carbons (Fsp3) is 0.833. The van der Waals surface area contributed by atoms with Gasteiger partial charge in [0, 0.05) is 0 Å². The first-order valence-electron chi connectivity index (χ1n) is 5.26. The molecule has 3 unspecified atom stereocenters. The highest BCUT2D eigenvalue weighted by molar-refractivity contribution is 5.21. The van der Waals surface area contributed by atoms with Crippen molar-refractivity contribution in [3.63, 3.8) is 0 Å². The summed E-state index contributed by atoms with van der Waals surface area (Å²) in [5.74, 6) is 2.70. The summed E-state index contributed by atoms with van der Waals surface area (Å²) in [5.41, 5.74) is 2.15. The highest BCUT2D eigenvalue weighted by atomic mass is 14.6. The third kappa shape index (κ3) is 0.841. The SMILES string of the molecule is C=C1C(CC)CC2CC1C2(C)C. The minimum atomic E-state index is 0.586. The molecule has 0 radical (unpaired) electrons. The molecule has 0 heterocycles. The molecule has 0 amide bonds. The molecule has 0 heteroatoms. The minimum Gasteiger partial charge on any atom is -0.0993 e. The fourth-order valence-electron chi connectivity index (χ4n) is 3.25. The van der Waals surface area contributed by atoms with Crippen LogP contribution in [-0.2, 0) is 0 Å². The van der Waals surface area contributed by atoms with Crippen molar-refractivity contribution in [1.82, 2.24) is 0 Å². The van der Waals surface area contributed by atoms with Crippen molar-refractivity contribution < 1.29 is 0 Å². The van der Waals surface area contributed by atoms with E-state index in [0.29, 0.717) is 5.41 Å². The Morgan fingerprint density at radius 1 is 1.42 bits per heavy atom. The van der Waals surface area contributed by atoms with Gasteiger partial charge in [0.2, 0.25) is 0 Å². The van der Waals surface area contributed by atoms with Gasteiger partial charge in [-0.15, -0.1) is 0 Å². The lowest BCUT2D eigenvalue weighted by atomic mass is 9.45. The van der Waals surface area contributed by atoms with Gasteiger partial charge in [0.25, 0.3) is 0 Å². The molecule has 0 aliphatic heterocycles. The van der Waals surface area contributed by atoms with Crippen molar-refractivity contribution in [1.29, 1.82) is 0 Å². The van der Waals surface area contributed by atoms with Crippen molar-refractivity contribution in [2.24, 2.45) is 23.2 Å². The molecule has 0 spiro atoms. The van der Waals surface area contributed by atoms with Gasteiger partial charge in [0.05, 0.1) is 0 Å². The van der Waals surface area contributed by atoms with Gasteiger partial charge in [-0.3, -0.25) is 0 Å². The first-order chi connectivity index (χ1) is 5.57. The molecular weight excluding hydrogens is 144 g/mol. The first kappa shape index (κ1) is 8.34. The van der Waals surface area contributed by atoms with Gasteiger partial charge in [0.15, 0.2) is 0 Å². The zero-order chi connectivity index (χ0) is 8.93. The molecule has 0 nitrogen and oxygen atoms in total. The molecule has 12 heavy (non-hydrogen) atoms. The normalized spacial score (nSPS) is 43.9. The molecule has 3 aliphatic carbocycles. The Hall–Kier alpha value is -0.260. The average molecular weight is 164 g/mol. The quantitative estimate of drug-likeness (QED) is 0.519. The summed E-state index contributed by atoms with van der Waals surface area (Å²) >= 11 is 0. The summed E-state index contributed by atoms with van der Waals surface area (Å²) in [6.07, 6.45) is 4.16. The van der Waals surface area contributed by atoms with Crippen LogP contribution in [0.25, 0.3) is 0 Å². The predicted octanol–water partition coefficient (Wildman–Crippen LogP) is 3.63. The van der Waals surface area contributed by atoms with Crippen LogP contribution in [0.3, 0.4) is 0 Å². The number of allylic oxidation sites excluding steroid dienone is 1. The Morgan fingerprint density at radius 3 is 2.50 bits per heavy atom. The van der Waals surface area contributed by atoms with E-state index in [1.165, 1.54) is 19.3 Å². The van der Waals surface area contributed by atoms with Gasteiger partial charge >= 0.3 is 0 Å². The molecule has 3 aliphatic rings. The van der Waals surface area contributed by atoms with Crippen LogP contribution in [0.1, 0.15) is 40.0 Å². The van der Waals surface area contributed by atoms with Crippen LogP contribution in [0, 0.1) is 23.2 Å². The summed E-state index contributed by atoms with van der Waals surface area (Å²) in [5, 5.41) is 0. The van der Waals surface area contributed by atoms with E-state index in [4.69, 9.17) is 0 Å². The van der Waals surface area contributed by atoms with E-state index in [9.17, 15) is 0 Å². The summed E-state index contributed by atoms with van der Waals surface area (Å²) in [6.45, 7) is 11.4. The molecule has 0 aromatic carbocycles. The molecular formula is C12H20. The first-order valence-corrected chi connectivity index (χ1v) is 5.26. The maximum absolute atomic E-state index is 4.28. The zero-order valence-corrected chi connectivity index (χ0v) is 8.56. The Bertz CT molecular complexity index is 212. The second-order valence-electron chi connectivity index (χ2n) is 5.22. The molecule has 0 aromatic heterocycles. The van der Waals surface area contributed by atoms with Gasteiger partial charge in [-0.05, 0) is 42.4 Å². The smallest absolute Gasteiger partial charge is 0.0146 e. The topological polar surface area (TPSA) is 0 Å². The van der Waals surface area contributed by atoms with Gasteiger partial charge in [-0.1, -0.05) is 32.9 Å². The van der Waals surface area contributed by atoms with Crippen molar-refractivity contribution in [2.75, 3.05) is 0 Å². The summed E-state index contributed by atoms with van der Waals surface area (Å²) in [4.78, 5) is 0. The Kier molecular flexibility index (Phi) is 1.65. The summed E-state index contributed by atoms with van der Waals surface area (Å²) in [7, 11) is 0. The number of rotatable bonds is 1. The van der Waals surface area contributed by atoms with Crippen molar-refractivity contribution in [3.8, 4) is 0 Å². The van der Waals surface area contributed by atoms with Crippen LogP contribution in [0.4, 0.5) is 0 Å². The van der Waals surface area contributed by atoms with E-state index >= 15 is 0 Å². The second-order valence-corrected chi connectivity index (χ2v) is 5.22. The summed E-state index contributed by atoms with van der Waals surface area (Å²) < 4.78 is 0. The van der Waals surface area contributed by atoms with Crippen LogP contribution in [-0.4, -0.2) is 0 Å². The van der Waals surface area contributed by atoms with Gasteiger partial charge < -0.3 is 0 Å². The maximum Gasteiger partial charge on any atom is -0.0146 e. The maximum atomic E-state index is 4.28. The van der Waals surface area contributed by atoms with E-state index < -0.39 is 0 Å². The van der Waals surface area contributed by atoms with Crippen LogP contribution in [0.2, 0.25) is 0 Å². The minimum absolute atomic E-state index is 0.586. The van der Waals surface area contributed by atoms with Gasteiger partial charge in [-0.2, -0.15) is 0 Å². The fourth-order valence-corrected chi connectivity index (χ4v) is 3.25. The predicted molar refractivity (Wildman–Crippen MR) is 52.9 cm³/mol. The Balaban J connectivity index is 2.17. The number of hydrogen-bond donors (Lipinski definition) is 0. The second kappa shape index (κ2) is 2.37. The van der Waals surface area contributed by atoms with Crippen molar-refractivity contribution >= 4 is 0 Å². The Morgan fingerprint density at radius 2 is 2.08 bits per heavy atom. The van der Waals surface area contributed by atoms with E-state index in [-0.39, 0.29) is 0 Å². The van der Waals surface area contributed by atoms with Crippen molar-refractivity contribution in [3.05, 3.63) is 12.2 Å². The van der Waals surface area contributed by atoms with Crippen LogP contribution in [0.5, 0.6) is 0 Å². The lowest BCUT2D eigenvalue weighted by Gasteiger charge is -2.60. The third-order valence-electron chi connectivity index (χ3n) is 4.50. The van der Waals surface area contributed by atoms with E-state index in [0.717, 1.165) is 17.8 Å². The highest BCUT2D eigenvalue weighted by Crippen LogP contribution is 2.62. The molecule has 3 rings (SSSR count). The molecule has 68 valence electrons. The summed E-state index contributed by atoms with van der Waals surface area (Å²) in [6, 6.07) is 0. The number of fused-ring (bicyclic) bond motifs is 2. The molecule has 3 atom stereocenters. The van der Waals surface area contributed by atoms with E-state index in [2.05, 4.69) is 27.4 Å². The van der Waals surface area contributed by atoms with E-state index in [1.54, 1.807) is 5.57 Å². The molecule has 3 fully saturated rings. The van der Waals surface area contributed by atoms with E-state index in [1.807, 2.05) is 0 Å². The van der Waals surface area contributed by atoms with Gasteiger partial charge in [0.1, 0.15) is 0 Å². The van der Waals surface area contributed by atoms with Crippen LogP contribution in [0.15, 0.2) is 12.2 Å². The number of hydrogen-bond acceptors (Lipinski definition) is 0. The van der Waals surface area contributed by atoms with Crippen LogP contribution < -0.4 is 0 Å². The third-order valence-corrected chi connectivity index (χ3v) is 4.50. The van der Waals surface area contributed by atoms with Crippen LogP contribution >= 0.6 is 0 Å².